The summed E-state index contributed by atoms with van der Waals surface area (Å²) < 4.78 is 2.11. The van der Waals surface area contributed by atoms with Crippen LogP contribution >= 0.6 is 0 Å². The number of anilines is 2. The first-order valence-electron chi connectivity index (χ1n) is 12.7. The number of aromatic nitrogens is 4. The summed E-state index contributed by atoms with van der Waals surface area (Å²) >= 11 is 0. The van der Waals surface area contributed by atoms with E-state index in [-0.39, 0.29) is 6.04 Å². The molecule has 0 spiro atoms. The molecule has 1 saturated carbocycles. The molecule has 0 saturated heterocycles. The lowest BCUT2D eigenvalue weighted by atomic mass is 9.96. The zero-order chi connectivity index (χ0) is 24.2. The summed E-state index contributed by atoms with van der Waals surface area (Å²) in [7, 11) is 0. The molecule has 7 heteroatoms. The molecular formula is C28H35N7. The van der Waals surface area contributed by atoms with Gasteiger partial charge >= 0.3 is 0 Å². The minimum Gasteiger partial charge on any atom is -0.364 e. The van der Waals surface area contributed by atoms with Crippen molar-refractivity contribution in [2.45, 2.75) is 71.1 Å². The van der Waals surface area contributed by atoms with E-state index in [1.54, 1.807) is 0 Å². The molecule has 4 N–H and O–H groups in total. The molecule has 2 aromatic heterocycles. The van der Waals surface area contributed by atoms with Crippen LogP contribution in [0.3, 0.4) is 0 Å². The Morgan fingerprint density at radius 2 is 1.77 bits per heavy atom. The van der Waals surface area contributed by atoms with Gasteiger partial charge in [-0.3, -0.25) is 0 Å². The lowest BCUT2D eigenvalue weighted by Crippen LogP contribution is -2.24. The largest absolute Gasteiger partial charge is 0.364 e. The highest BCUT2D eigenvalue weighted by molar-refractivity contribution is 5.84. The number of hydrogen-bond donors (Lipinski definition) is 3. The lowest BCUT2D eigenvalue weighted by Gasteiger charge is -2.23. The second-order valence-electron chi connectivity index (χ2n) is 9.75. The van der Waals surface area contributed by atoms with Crippen molar-refractivity contribution in [1.29, 1.82) is 0 Å². The van der Waals surface area contributed by atoms with Gasteiger partial charge in [0.15, 0.2) is 17.0 Å². The Kier molecular flexibility index (Phi) is 6.95. The van der Waals surface area contributed by atoms with Crippen LogP contribution in [0.2, 0.25) is 0 Å². The fraction of sp³-hybridized carbons (Fsp3) is 0.393. The number of nitrogens with one attached hydrogen (secondary N) is 2. The Morgan fingerprint density at radius 3 is 2.51 bits per heavy atom. The molecule has 7 nitrogen and oxygen atoms in total. The van der Waals surface area contributed by atoms with Crippen molar-refractivity contribution < 1.29 is 0 Å². The number of nitrogens with two attached hydrogens (primary N) is 1. The molecule has 0 radical (unpaired) electrons. The van der Waals surface area contributed by atoms with Crippen LogP contribution < -0.4 is 16.4 Å². The third kappa shape index (κ3) is 5.30. The standard InChI is InChI=1S/C28H35N7/c1-19(2)35-18-31-25-26(33-28(34-27(25)35)32-24-9-4-3-5-10-24)30-17-20-11-13-22(14-12-20)23-8-6-7-21(15-23)16-29/h6-8,11-15,18-19,24H,3-5,9-10,16-17,29H2,1-2H3,(H2,30,32,33,34). The van der Waals surface area contributed by atoms with Gasteiger partial charge in [0.1, 0.15) is 0 Å². The number of nitrogens with zero attached hydrogens (tertiary/aromatic N) is 4. The molecule has 4 aromatic rings. The summed E-state index contributed by atoms with van der Waals surface area (Å²) in [6.45, 7) is 5.50. The zero-order valence-electron chi connectivity index (χ0n) is 20.7. The smallest absolute Gasteiger partial charge is 0.227 e. The number of fused-ring (bicyclic) bond motifs is 1. The molecule has 0 atom stereocenters. The predicted molar refractivity (Wildman–Crippen MR) is 143 cm³/mol. The van der Waals surface area contributed by atoms with E-state index < -0.39 is 0 Å². The minimum absolute atomic E-state index is 0.274. The highest BCUT2D eigenvalue weighted by Crippen LogP contribution is 2.27. The van der Waals surface area contributed by atoms with Crippen molar-refractivity contribution in [2.24, 2.45) is 5.73 Å². The van der Waals surface area contributed by atoms with Gasteiger partial charge in [-0.05, 0) is 55.0 Å². The first kappa shape index (κ1) is 23.3. The molecule has 0 amide bonds. The molecule has 35 heavy (non-hydrogen) atoms. The molecule has 0 aliphatic heterocycles. The van der Waals surface area contributed by atoms with Gasteiger partial charge in [-0.1, -0.05) is 61.7 Å². The quantitative estimate of drug-likeness (QED) is 0.298. The lowest BCUT2D eigenvalue weighted by molar-refractivity contribution is 0.461. The normalized spacial score (nSPS) is 14.5. The molecule has 0 bridgehead atoms. The maximum atomic E-state index is 5.81. The summed E-state index contributed by atoms with van der Waals surface area (Å²) in [6, 6.07) is 17.7. The predicted octanol–water partition coefficient (Wildman–Crippen LogP) is 5.89. The maximum Gasteiger partial charge on any atom is 0.227 e. The average molecular weight is 470 g/mol. The summed E-state index contributed by atoms with van der Waals surface area (Å²) in [5.74, 6) is 1.46. The van der Waals surface area contributed by atoms with Crippen LogP contribution in [-0.4, -0.2) is 25.6 Å². The average Bonchev–Trinajstić information content (AvgIpc) is 3.33. The molecule has 2 heterocycles. The van der Waals surface area contributed by atoms with Crippen LogP contribution in [0.5, 0.6) is 0 Å². The Hall–Kier alpha value is -3.45. The summed E-state index contributed by atoms with van der Waals surface area (Å²) in [6.07, 6.45) is 8.07. The second-order valence-corrected chi connectivity index (χ2v) is 9.75. The van der Waals surface area contributed by atoms with E-state index in [1.165, 1.54) is 48.8 Å². The van der Waals surface area contributed by atoms with Gasteiger partial charge in [-0.2, -0.15) is 9.97 Å². The van der Waals surface area contributed by atoms with Gasteiger partial charge in [0.05, 0.1) is 6.33 Å². The first-order chi connectivity index (χ1) is 17.1. The monoisotopic (exact) mass is 469 g/mol. The Labute approximate surface area is 207 Å². The molecule has 1 aliphatic carbocycles. The number of hydrogen-bond acceptors (Lipinski definition) is 6. The highest BCUT2D eigenvalue weighted by atomic mass is 15.2. The molecular weight excluding hydrogens is 434 g/mol. The molecule has 1 fully saturated rings. The van der Waals surface area contributed by atoms with Gasteiger partial charge in [0.25, 0.3) is 0 Å². The summed E-state index contributed by atoms with van der Waals surface area (Å²) in [5.41, 5.74) is 12.2. The molecule has 0 unspecified atom stereocenters. The Morgan fingerprint density at radius 1 is 0.971 bits per heavy atom. The highest BCUT2D eigenvalue weighted by Gasteiger charge is 2.18. The number of imidazole rings is 1. The van der Waals surface area contributed by atoms with E-state index in [9.17, 15) is 0 Å². The Balaban J connectivity index is 1.36. The van der Waals surface area contributed by atoms with E-state index in [4.69, 9.17) is 15.7 Å². The fourth-order valence-corrected chi connectivity index (χ4v) is 4.79. The van der Waals surface area contributed by atoms with Crippen molar-refractivity contribution in [3.8, 4) is 11.1 Å². The third-order valence-corrected chi connectivity index (χ3v) is 6.83. The summed E-state index contributed by atoms with van der Waals surface area (Å²) in [4.78, 5) is 14.3. The van der Waals surface area contributed by atoms with E-state index >= 15 is 0 Å². The molecule has 1 aliphatic rings. The van der Waals surface area contributed by atoms with Crippen LogP contribution in [0.1, 0.15) is 63.1 Å². The van der Waals surface area contributed by atoms with Crippen LogP contribution in [0.15, 0.2) is 54.9 Å². The van der Waals surface area contributed by atoms with Gasteiger partial charge < -0.3 is 20.9 Å². The van der Waals surface area contributed by atoms with Crippen LogP contribution in [-0.2, 0) is 13.1 Å². The van der Waals surface area contributed by atoms with Crippen molar-refractivity contribution in [2.75, 3.05) is 10.6 Å². The molecule has 2 aromatic carbocycles. The second kappa shape index (κ2) is 10.4. The SMILES string of the molecule is CC(C)n1cnc2c(NCc3ccc(-c4cccc(CN)c4)cc3)nc(NC3CCCCC3)nc21. The van der Waals surface area contributed by atoms with Gasteiger partial charge in [0.2, 0.25) is 5.95 Å². The maximum absolute atomic E-state index is 5.81. The van der Waals surface area contributed by atoms with Crippen LogP contribution in [0.25, 0.3) is 22.3 Å². The fourth-order valence-electron chi connectivity index (χ4n) is 4.79. The third-order valence-electron chi connectivity index (χ3n) is 6.83. The molecule has 182 valence electrons. The molecule has 5 rings (SSSR count). The Bertz CT molecular complexity index is 1270. The van der Waals surface area contributed by atoms with Crippen molar-refractivity contribution in [1.82, 2.24) is 19.5 Å². The van der Waals surface area contributed by atoms with E-state index in [0.717, 1.165) is 22.5 Å². The zero-order valence-corrected chi connectivity index (χ0v) is 20.7. The van der Waals surface area contributed by atoms with Crippen molar-refractivity contribution in [3.63, 3.8) is 0 Å². The van der Waals surface area contributed by atoms with Crippen molar-refractivity contribution >= 4 is 22.9 Å². The van der Waals surface area contributed by atoms with Crippen molar-refractivity contribution in [3.05, 3.63) is 66.0 Å². The topological polar surface area (TPSA) is 93.7 Å². The van der Waals surface area contributed by atoms with E-state index in [2.05, 4.69) is 82.6 Å². The number of rotatable bonds is 8. The van der Waals surface area contributed by atoms with Gasteiger partial charge in [-0.25, -0.2) is 4.98 Å². The van der Waals surface area contributed by atoms with Crippen LogP contribution in [0, 0.1) is 0 Å². The summed E-state index contributed by atoms with van der Waals surface area (Å²) in [5, 5.41) is 7.12. The van der Waals surface area contributed by atoms with Gasteiger partial charge in [-0.15, -0.1) is 0 Å². The van der Waals surface area contributed by atoms with Gasteiger partial charge in [0, 0.05) is 25.2 Å². The minimum atomic E-state index is 0.274. The number of benzene rings is 2. The van der Waals surface area contributed by atoms with E-state index in [1.807, 2.05) is 6.33 Å². The first-order valence-corrected chi connectivity index (χ1v) is 12.7. The van der Waals surface area contributed by atoms with E-state index in [0.29, 0.717) is 25.1 Å². The van der Waals surface area contributed by atoms with Crippen LogP contribution in [0.4, 0.5) is 11.8 Å².